The molecule has 1 aromatic carbocycles. The lowest BCUT2D eigenvalue weighted by Gasteiger charge is -2.28. The molecule has 0 radical (unpaired) electrons. The first-order chi connectivity index (χ1) is 14.4. The molecule has 0 aliphatic carbocycles. The van der Waals surface area contributed by atoms with Crippen molar-refractivity contribution in [3.8, 4) is 11.3 Å². The van der Waals surface area contributed by atoms with Crippen LogP contribution < -0.4 is 15.5 Å². The van der Waals surface area contributed by atoms with Crippen molar-refractivity contribution in [3.05, 3.63) is 67.3 Å². The molecule has 3 aromatic heterocycles. The first-order valence-corrected chi connectivity index (χ1v) is 9.72. The fourth-order valence-corrected chi connectivity index (χ4v) is 3.61. The second kappa shape index (κ2) is 7.81. The molecule has 1 saturated heterocycles. The zero-order chi connectivity index (χ0) is 19.5. The van der Waals surface area contributed by atoms with Crippen LogP contribution in [0.3, 0.4) is 0 Å². The van der Waals surface area contributed by atoms with Crippen molar-refractivity contribution in [3.63, 3.8) is 0 Å². The van der Waals surface area contributed by atoms with Gasteiger partial charge in [-0.3, -0.25) is 4.98 Å². The summed E-state index contributed by atoms with van der Waals surface area (Å²) < 4.78 is 0. The van der Waals surface area contributed by atoms with E-state index in [1.54, 1.807) is 18.6 Å². The highest BCUT2D eigenvalue weighted by atomic mass is 15.2. The molecule has 2 N–H and O–H groups in total. The van der Waals surface area contributed by atoms with Crippen LogP contribution in [-0.2, 0) is 0 Å². The Hall–Kier alpha value is -3.58. The molecule has 7 heteroatoms. The lowest BCUT2D eigenvalue weighted by Crippen LogP contribution is -2.43. The van der Waals surface area contributed by atoms with Crippen molar-refractivity contribution in [1.82, 2.24) is 25.3 Å². The number of nitrogens with one attached hydrogen (secondary N) is 2. The van der Waals surface area contributed by atoms with Crippen molar-refractivity contribution >= 4 is 28.2 Å². The van der Waals surface area contributed by atoms with Gasteiger partial charge in [-0.25, -0.2) is 15.0 Å². The number of benzene rings is 1. The van der Waals surface area contributed by atoms with Crippen LogP contribution in [0.25, 0.3) is 22.0 Å². The maximum atomic E-state index is 4.92. The average Bonchev–Trinajstić information content (AvgIpc) is 2.80. The van der Waals surface area contributed by atoms with Crippen molar-refractivity contribution in [1.29, 1.82) is 0 Å². The molecular weight excluding hydrogens is 362 g/mol. The fraction of sp³-hybridized carbons (Fsp3) is 0.182. The monoisotopic (exact) mass is 383 g/mol. The van der Waals surface area contributed by atoms with Gasteiger partial charge in [0.2, 0.25) is 0 Å². The molecule has 29 heavy (non-hydrogen) atoms. The van der Waals surface area contributed by atoms with Crippen LogP contribution in [0, 0.1) is 0 Å². The molecule has 144 valence electrons. The lowest BCUT2D eigenvalue weighted by molar-refractivity contribution is 0.585. The van der Waals surface area contributed by atoms with Crippen molar-refractivity contribution < 1.29 is 0 Å². The van der Waals surface area contributed by atoms with E-state index in [9.17, 15) is 0 Å². The number of pyridine rings is 2. The Labute approximate surface area is 168 Å². The molecule has 0 atom stereocenters. The summed E-state index contributed by atoms with van der Waals surface area (Å²) >= 11 is 0. The van der Waals surface area contributed by atoms with E-state index in [1.165, 1.54) is 0 Å². The van der Waals surface area contributed by atoms with E-state index in [2.05, 4.69) is 48.7 Å². The number of hydrogen-bond donors (Lipinski definition) is 2. The van der Waals surface area contributed by atoms with Crippen LogP contribution in [0.2, 0.25) is 0 Å². The molecule has 1 fully saturated rings. The van der Waals surface area contributed by atoms with E-state index in [0.717, 1.165) is 59.8 Å². The van der Waals surface area contributed by atoms with Gasteiger partial charge in [-0.05, 0) is 23.6 Å². The van der Waals surface area contributed by atoms with Gasteiger partial charge in [-0.1, -0.05) is 24.3 Å². The number of hydrogen-bond acceptors (Lipinski definition) is 7. The summed E-state index contributed by atoms with van der Waals surface area (Å²) in [6.07, 6.45) is 6.86. The molecule has 1 aliphatic rings. The van der Waals surface area contributed by atoms with Crippen molar-refractivity contribution in [2.24, 2.45) is 0 Å². The standard InChI is InChI=1S/C22H21N7/c1-2-4-18-16(3-1)13-19(27-20-15-24-7-8-25-20)28-22(18)17-5-6-26-21(14-17)29-11-9-23-10-12-29/h1-8,13-15,23H,9-12H2,(H,25,27,28). The summed E-state index contributed by atoms with van der Waals surface area (Å²) in [6.45, 7) is 3.87. The SMILES string of the molecule is c1ccc2c(-c3ccnc(N4CCNCC4)c3)nc(Nc3cnccn3)cc2c1. The minimum absolute atomic E-state index is 0.664. The summed E-state index contributed by atoms with van der Waals surface area (Å²) in [5.74, 6) is 2.39. The fourth-order valence-electron chi connectivity index (χ4n) is 3.61. The van der Waals surface area contributed by atoms with Gasteiger partial charge in [0.15, 0.2) is 0 Å². The molecule has 5 rings (SSSR count). The zero-order valence-electron chi connectivity index (χ0n) is 15.9. The molecule has 0 spiro atoms. The van der Waals surface area contributed by atoms with Crippen LogP contribution in [0.5, 0.6) is 0 Å². The summed E-state index contributed by atoms with van der Waals surface area (Å²) in [6, 6.07) is 14.5. The van der Waals surface area contributed by atoms with E-state index in [4.69, 9.17) is 4.98 Å². The molecule has 0 amide bonds. The van der Waals surface area contributed by atoms with Gasteiger partial charge >= 0.3 is 0 Å². The number of piperazine rings is 1. The van der Waals surface area contributed by atoms with E-state index >= 15 is 0 Å². The predicted molar refractivity (Wildman–Crippen MR) is 115 cm³/mol. The minimum Gasteiger partial charge on any atom is -0.354 e. The number of fused-ring (bicyclic) bond motifs is 1. The summed E-state index contributed by atoms with van der Waals surface area (Å²) in [5.41, 5.74) is 1.97. The highest BCUT2D eigenvalue weighted by molar-refractivity contribution is 5.96. The van der Waals surface area contributed by atoms with Crippen molar-refractivity contribution in [2.45, 2.75) is 0 Å². The maximum Gasteiger partial charge on any atom is 0.150 e. The van der Waals surface area contributed by atoms with E-state index in [-0.39, 0.29) is 0 Å². The van der Waals surface area contributed by atoms with E-state index in [0.29, 0.717) is 5.82 Å². The van der Waals surface area contributed by atoms with Crippen LogP contribution in [0.4, 0.5) is 17.5 Å². The number of rotatable bonds is 4. The molecule has 0 saturated carbocycles. The Bertz CT molecular complexity index is 1120. The second-order valence-electron chi connectivity index (χ2n) is 6.93. The maximum absolute atomic E-state index is 4.92. The van der Waals surface area contributed by atoms with E-state index < -0.39 is 0 Å². The summed E-state index contributed by atoms with van der Waals surface area (Å²) in [7, 11) is 0. The first-order valence-electron chi connectivity index (χ1n) is 9.72. The van der Waals surface area contributed by atoms with Gasteiger partial charge < -0.3 is 15.5 Å². The quantitative estimate of drug-likeness (QED) is 0.560. The Morgan fingerprint density at radius 1 is 0.897 bits per heavy atom. The van der Waals surface area contributed by atoms with Crippen LogP contribution >= 0.6 is 0 Å². The minimum atomic E-state index is 0.664. The highest BCUT2D eigenvalue weighted by Gasteiger charge is 2.14. The predicted octanol–water partition coefficient (Wildman–Crippen LogP) is 3.24. The molecule has 0 bridgehead atoms. The summed E-state index contributed by atoms with van der Waals surface area (Å²) in [4.78, 5) is 20.2. The molecule has 4 aromatic rings. The largest absolute Gasteiger partial charge is 0.354 e. The van der Waals surface area contributed by atoms with E-state index in [1.807, 2.05) is 30.5 Å². The Kier molecular flexibility index (Phi) is 4.72. The van der Waals surface area contributed by atoms with Gasteiger partial charge in [-0.15, -0.1) is 0 Å². The third kappa shape index (κ3) is 3.72. The van der Waals surface area contributed by atoms with Crippen LogP contribution in [-0.4, -0.2) is 46.1 Å². The first kappa shape index (κ1) is 17.5. The third-order valence-electron chi connectivity index (χ3n) is 5.02. The van der Waals surface area contributed by atoms with Crippen LogP contribution in [0.15, 0.2) is 67.3 Å². The zero-order valence-corrected chi connectivity index (χ0v) is 15.9. The Morgan fingerprint density at radius 2 is 1.79 bits per heavy atom. The average molecular weight is 383 g/mol. The lowest BCUT2D eigenvalue weighted by atomic mass is 10.0. The molecule has 4 heterocycles. The number of anilines is 3. The third-order valence-corrected chi connectivity index (χ3v) is 5.02. The van der Waals surface area contributed by atoms with Gasteiger partial charge in [-0.2, -0.15) is 0 Å². The molecule has 1 aliphatic heterocycles. The second-order valence-corrected chi connectivity index (χ2v) is 6.93. The van der Waals surface area contributed by atoms with Crippen LogP contribution in [0.1, 0.15) is 0 Å². The van der Waals surface area contributed by atoms with Gasteiger partial charge in [0.25, 0.3) is 0 Å². The Morgan fingerprint density at radius 3 is 2.66 bits per heavy atom. The van der Waals surface area contributed by atoms with Crippen molar-refractivity contribution in [2.75, 3.05) is 36.4 Å². The number of nitrogens with zero attached hydrogens (tertiary/aromatic N) is 5. The highest BCUT2D eigenvalue weighted by Crippen LogP contribution is 2.31. The van der Waals surface area contributed by atoms with Gasteiger partial charge in [0, 0.05) is 55.7 Å². The molecular formula is C22H21N7. The van der Waals surface area contributed by atoms with Gasteiger partial charge in [0.05, 0.1) is 11.9 Å². The topological polar surface area (TPSA) is 78.9 Å². The Balaban J connectivity index is 1.58. The number of aromatic nitrogens is 4. The molecule has 7 nitrogen and oxygen atoms in total. The smallest absolute Gasteiger partial charge is 0.150 e. The van der Waals surface area contributed by atoms with Gasteiger partial charge in [0.1, 0.15) is 17.5 Å². The normalized spacial score (nSPS) is 14.1. The summed E-state index contributed by atoms with van der Waals surface area (Å²) in [5, 5.41) is 8.87. The molecule has 0 unspecified atom stereocenters.